The SMILES string of the molecule is Cc1cc(CN2CCN(CC(=O)NCCc3ccccc3)CC2)on1. The van der Waals surface area contributed by atoms with Crippen LogP contribution in [0.15, 0.2) is 40.9 Å². The quantitative estimate of drug-likeness (QED) is 0.825. The zero-order valence-electron chi connectivity index (χ0n) is 14.8. The first-order valence-electron chi connectivity index (χ1n) is 8.86. The van der Waals surface area contributed by atoms with Crippen LogP contribution in [0.4, 0.5) is 0 Å². The van der Waals surface area contributed by atoms with E-state index in [1.165, 1.54) is 5.56 Å². The van der Waals surface area contributed by atoms with E-state index >= 15 is 0 Å². The Labute approximate surface area is 148 Å². The van der Waals surface area contributed by atoms with Gasteiger partial charge in [0.1, 0.15) is 0 Å². The number of amides is 1. The Morgan fingerprint density at radius 2 is 1.88 bits per heavy atom. The normalized spacial score (nSPS) is 16.0. The third-order valence-corrected chi connectivity index (χ3v) is 4.47. The third-order valence-electron chi connectivity index (χ3n) is 4.47. The second-order valence-electron chi connectivity index (χ2n) is 6.57. The van der Waals surface area contributed by atoms with E-state index in [1.54, 1.807) is 0 Å². The average molecular weight is 342 g/mol. The predicted octanol–water partition coefficient (Wildman–Crippen LogP) is 1.46. The van der Waals surface area contributed by atoms with Crippen LogP contribution in [0.25, 0.3) is 0 Å². The smallest absolute Gasteiger partial charge is 0.234 e. The van der Waals surface area contributed by atoms with E-state index in [2.05, 4.69) is 32.4 Å². The Bertz CT molecular complexity index is 663. The molecule has 2 aromatic rings. The molecule has 1 aliphatic heterocycles. The van der Waals surface area contributed by atoms with Crippen molar-refractivity contribution in [3.05, 3.63) is 53.4 Å². The molecule has 6 heteroatoms. The van der Waals surface area contributed by atoms with E-state index in [-0.39, 0.29) is 5.91 Å². The fourth-order valence-corrected chi connectivity index (χ4v) is 3.07. The molecule has 1 saturated heterocycles. The summed E-state index contributed by atoms with van der Waals surface area (Å²) in [6, 6.07) is 12.2. The molecule has 0 bridgehead atoms. The molecule has 25 heavy (non-hydrogen) atoms. The lowest BCUT2D eigenvalue weighted by atomic mass is 10.1. The monoisotopic (exact) mass is 342 g/mol. The van der Waals surface area contributed by atoms with Gasteiger partial charge in [-0.05, 0) is 18.9 Å². The van der Waals surface area contributed by atoms with Crippen molar-refractivity contribution < 1.29 is 9.32 Å². The van der Waals surface area contributed by atoms with Crippen molar-refractivity contribution in [1.82, 2.24) is 20.3 Å². The molecular weight excluding hydrogens is 316 g/mol. The van der Waals surface area contributed by atoms with Gasteiger partial charge in [-0.15, -0.1) is 0 Å². The number of carbonyl (C=O) groups is 1. The number of aryl methyl sites for hydroxylation is 1. The van der Waals surface area contributed by atoms with Crippen LogP contribution in [0.1, 0.15) is 17.0 Å². The van der Waals surface area contributed by atoms with Crippen molar-refractivity contribution in [1.29, 1.82) is 0 Å². The van der Waals surface area contributed by atoms with Crippen molar-refractivity contribution in [2.75, 3.05) is 39.3 Å². The number of piperazine rings is 1. The number of hydrogen-bond donors (Lipinski definition) is 1. The second-order valence-corrected chi connectivity index (χ2v) is 6.57. The zero-order valence-corrected chi connectivity index (χ0v) is 14.8. The average Bonchev–Trinajstić information content (AvgIpc) is 3.02. The Morgan fingerprint density at radius 3 is 2.56 bits per heavy atom. The molecule has 2 heterocycles. The molecule has 0 atom stereocenters. The molecule has 1 amide bonds. The summed E-state index contributed by atoms with van der Waals surface area (Å²) in [5, 5.41) is 6.94. The Morgan fingerprint density at radius 1 is 1.16 bits per heavy atom. The molecule has 134 valence electrons. The number of aromatic nitrogens is 1. The summed E-state index contributed by atoms with van der Waals surface area (Å²) in [7, 11) is 0. The first-order valence-corrected chi connectivity index (χ1v) is 8.86. The molecule has 6 nitrogen and oxygen atoms in total. The van der Waals surface area contributed by atoms with Gasteiger partial charge < -0.3 is 9.84 Å². The summed E-state index contributed by atoms with van der Waals surface area (Å²) < 4.78 is 5.27. The molecule has 0 saturated carbocycles. The van der Waals surface area contributed by atoms with Gasteiger partial charge in [-0.25, -0.2) is 0 Å². The molecule has 1 aliphatic rings. The van der Waals surface area contributed by atoms with Gasteiger partial charge >= 0.3 is 0 Å². The van der Waals surface area contributed by atoms with Gasteiger partial charge in [0, 0.05) is 38.8 Å². The molecule has 1 N–H and O–H groups in total. The fourth-order valence-electron chi connectivity index (χ4n) is 3.07. The van der Waals surface area contributed by atoms with E-state index in [1.807, 2.05) is 31.2 Å². The molecule has 0 unspecified atom stereocenters. The highest BCUT2D eigenvalue weighted by molar-refractivity contribution is 5.78. The lowest BCUT2D eigenvalue weighted by molar-refractivity contribution is -0.122. The van der Waals surface area contributed by atoms with Crippen LogP contribution >= 0.6 is 0 Å². The largest absolute Gasteiger partial charge is 0.360 e. The molecule has 0 radical (unpaired) electrons. The van der Waals surface area contributed by atoms with Gasteiger partial charge in [-0.2, -0.15) is 0 Å². The topological polar surface area (TPSA) is 61.6 Å². The number of nitrogens with one attached hydrogen (secondary N) is 1. The predicted molar refractivity (Wildman–Crippen MR) is 96.1 cm³/mol. The van der Waals surface area contributed by atoms with Crippen molar-refractivity contribution in [3.63, 3.8) is 0 Å². The Kier molecular flexibility index (Phi) is 6.19. The highest BCUT2D eigenvalue weighted by Gasteiger charge is 2.19. The van der Waals surface area contributed by atoms with E-state index in [0.717, 1.165) is 50.6 Å². The van der Waals surface area contributed by atoms with E-state index in [4.69, 9.17) is 4.52 Å². The summed E-state index contributed by atoms with van der Waals surface area (Å²) in [4.78, 5) is 16.6. The van der Waals surface area contributed by atoms with Gasteiger partial charge in [0.25, 0.3) is 0 Å². The molecular formula is C19H26N4O2. The lowest BCUT2D eigenvalue weighted by Crippen LogP contribution is -2.49. The molecule has 1 aromatic carbocycles. The van der Waals surface area contributed by atoms with Crippen molar-refractivity contribution in [3.8, 4) is 0 Å². The lowest BCUT2D eigenvalue weighted by Gasteiger charge is -2.33. The molecule has 1 aromatic heterocycles. The molecule has 1 fully saturated rings. The van der Waals surface area contributed by atoms with Gasteiger partial charge in [0.2, 0.25) is 5.91 Å². The maximum atomic E-state index is 12.1. The van der Waals surface area contributed by atoms with Crippen LogP contribution in [-0.2, 0) is 17.8 Å². The van der Waals surface area contributed by atoms with Gasteiger partial charge in [0.05, 0.1) is 18.8 Å². The molecule has 0 aliphatic carbocycles. The first kappa shape index (κ1) is 17.6. The first-order chi connectivity index (χ1) is 12.2. The number of hydrogen-bond acceptors (Lipinski definition) is 5. The fraction of sp³-hybridized carbons (Fsp3) is 0.474. The van der Waals surface area contributed by atoms with Crippen molar-refractivity contribution >= 4 is 5.91 Å². The van der Waals surface area contributed by atoms with Crippen molar-refractivity contribution in [2.45, 2.75) is 19.9 Å². The number of benzene rings is 1. The van der Waals surface area contributed by atoms with Crippen LogP contribution in [0.2, 0.25) is 0 Å². The van der Waals surface area contributed by atoms with Gasteiger partial charge in [-0.1, -0.05) is 35.5 Å². The summed E-state index contributed by atoms with van der Waals surface area (Å²) in [6.07, 6.45) is 0.872. The summed E-state index contributed by atoms with van der Waals surface area (Å²) in [6.45, 7) is 7.57. The van der Waals surface area contributed by atoms with Crippen LogP contribution in [0, 0.1) is 6.92 Å². The van der Waals surface area contributed by atoms with Crippen LogP contribution in [0.5, 0.6) is 0 Å². The number of rotatable bonds is 7. The number of carbonyl (C=O) groups excluding carboxylic acids is 1. The van der Waals surface area contributed by atoms with Gasteiger partial charge in [-0.3, -0.25) is 14.6 Å². The van der Waals surface area contributed by atoms with Crippen LogP contribution in [-0.4, -0.2) is 60.1 Å². The minimum Gasteiger partial charge on any atom is -0.360 e. The standard InChI is InChI=1S/C19H26N4O2/c1-16-13-18(25-21-16)14-22-9-11-23(12-10-22)15-19(24)20-8-7-17-5-3-2-4-6-17/h2-6,13H,7-12,14-15H2,1H3,(H,20,24). The second kappa shape index (κ2) is 8.78. The third kappa shape index (κ3) is 5.69. The maximum Gasteiger partial charge on any atom is 0.234 e. The highest BCUT2D eigenvalue weighted by Crippen LogP contribution is 2.09. The Balaban J connectivity index is 1.32. The van der Waals surface area contributed by atoms with E-state index in [9.17, 15) is 4.79 Å². The zero-order chi connectivity index (χ0) is 17.5. The van der Waals surface area contributed by atoms with Crippen molar-refractivity contribution in [2.24, 2.45) is 0 Å². The minimum absolute atomic E-state index is 0.107. The maximum absolute atomic E-state index is 12.1. The Hall–Kier alpha value is -2.18. The van der Waals surface area contributed by atoms with Crippen LogP contribution < -0.4 is 5.32 Å². The van der Waals surface area contributed by atoms with E-state index in [0.29, 0.717) is 13.1 Å². The summed E-state index contributed by atoms with van der Waals surface area (Å²) in [5.41, 5.74) is 2.17. The van der Waals surface area contributed by atoms with E-state index < -0.39 is 0 Å². The number of nitrogens with zero attached hydrogens (tertiary/aromatic N) is 3. The molecule has 3 rings (SSSR count). The minimum atomic E-state index is 0.107. The van der Waals surface area contributed by atoms with Gasteiger partial charge in [0.15, 0.2) is 5.76 Å². The highest BCUT2D eigenvalue weighted by atomic mass is 16.5. The summed E-state index contributed by atoms with van der Waals surface area (Å²) in [5.74, 6) is 1.01. The molecule has 0 spiro atoms. The van der Waals surface area contributed by atoms with Crippen LogP contribution in [0.3, 0.4) is 0 Å². The summed E-state index contributed by atoms with van der Waals surface area (Å²) >= 11 is 0.